The van der Waals surface area contributed by atoms with Crippen molar-refractivity contribution in [1.29, 1.82) is 0 Å². The van der Waals surface area contributed by atoms with Crippen LogP contribution in [0.4, 0.5) is 0 Å². The first kappa shape index (κ1) is 27.2. The van der Waals surface area contributed by atoms with Crippen LogP contribution in [0.25, 0.3) is 0 Å². The molecule has 0 aromatic carbocycles. The van der Waals surface area contributed by atoms with Crippen molar-refractivity contribution in [3.63, 3.8) is 0 Å². The largest absolute Gasteiger partial charge is 0.472 e. The SMILES string of the molecule is CC(C)CC#Cc1cnc2c(c1)C(=O)N([C@@H](C)CO)C[C@H](C)[C@@H](CN(C)C(=O)Cc1cccnc1)O2. The van der Waals surface area contributed by atoms with Gasteiger partial charge in [0.25, 0.3) is 5.91 Å². The number of carbonyl (C=O) groups is 2. The molecule has 192 valence electrons. The van der Waals surface area contributed by atoms with Crippen molar-refractivity contribution in [3.05, 3.63) is 53.5 Å². The first-order valence-corrected chi connectivity index (χ1v) is 12.4. The molecule has 2 aromatic rings. The zero-order valence-corrected chi connectivity index (χ0v) is 21.8. The number of amides is 2. The van der Waals surface area contributed by atoms with Crippen molar-refractivity contribution in [3.8, 4) is 17.7 Å². The number of hydrogen-bond acceptors (Lipinski definition) is 6. The second-order valence-corrected chi connectivity index (χ2v) is 9.91. The molecule has 1 N–H and O–H groups in total. The van der Waals surface area contributed by atoms with Crippen molar-refractivity contribution < 1.29 is 19.4 Å². The minimum atomic E-state index is -0.404. The maximum atomic E-state index is 13.5. The van der Waals surface area contributed by atoms with Gasteiger partial charge in [-0.2, -0.15) is 0 Å². The third-order valence-corrected chi connectivity index (χ3v) is 6.22. The van der Waals surface area contributed by atoms with E-state index in [0.29, 0.717) is 30.1 Å². The minimum absolute atomic E-state index is 0.0542. The van der Waals surface area contributed by atoms with Gasteiger partial charge in [0.05, 0.1) is 25.6 Å². The highest BCUT2D eigenvalue weighted by Crippen LogP contribution is 2.27. The van der Waals surface area contributed by atoms with Gasteiger partial charge in [-0.25, -0.2) is 4.98 Å². The van der Waals surface area contributed by atoms with Gasteiger partial charge in [-0.1, -0.05) is 38.7 Å². The van der Waals surface area contributed by atoms with Gasteiger partial charge in [-0.3, -0.25) is 14.6 Å². The predicted molar refractivity (Wildman–Crippen MR) is 137 cm³/mol. The van der Waals surface area contributed by atoms with Gasteiger partial charge in [-0.15, -0.1) is 0 Å². The maximum Gasteiger partial charge on any atom is 0.259 e. The van der Waals surface area contributed by atoms with E-state index < -0.39 is 6.10 Å². The number of ether oxygens (including phenoxy) is 1. The standard InChI is InChI=1S/C28H36N4O4/c1-19(2)8-6-9-22-12-24-27(30-15-22)36-25(20(3)16-32(28(24)35)21(4)18-33)17-31(5)26(34)13-23-10-7-11-29-14-23/h7,10-12,14-15,19-21,25,33H,8,13,16-18H2,1-5H3/t20-,21-,25+/m0/s1. The summed E-state index contributed by atoms with van der Waals surface area (Å²) in [5, 5.41) is 9.83. The van der Waals surface area contributed by atoms with E-state index in [4.69, 9.17) is 4.74 Å². The summed E-state index contributed by atoms with van der Waals surface area (Å²) in [6, 6.07) is 5.00. The molecule has 3 rings (SSSR count). The van der Waals surface area contributed by atoms with Gasteiger partial charge in [0.2, 0.25) is 11.8 Å². The van der Waals surface area contributed by atoms with E-state index >= 15 is 0 Å². The number of rotatable bonds is 7. The van der Waals surface area contributed by atoms with Crippen molar-refractivity contribution in [1.82, 2.24) is 19.8 Å². The molecule has 3 atom stereocenters. The summed E-state index contributed by atoms with van der Waals surface area (Å²) in [4.78, 5) is 38.2. The Morgan fingerprint density at radius 2 is 2.11 bits per heavy atom. The smallest absolute Gasteiger partial charge is 0.259 e. The number of nitrogens with zero attached hydrogens (tertiary/aromatic N) is 4. The van der Waals surface area contributed by atoms with E-state index in [1.54, 1.807) is 47.6 Å². The molecule has 0 bridgehead atoms. The fraction of sp³-hybridized carbons (Fsp3) is 0.500. The normalized spacial score (nSPS) is 18.3. The molecule has 0 unspecified atom stereocenters. The molecule has 0 saturated carbocycles. The van der Waals surface area contributed by atoms with Crippen LogP contribution in [0.3, 0.4) is 0 Å². The molecule has 0 saturated heterocycles. The number of aliphatic hydroxyl groups is 1. The number of pyridine rings is 2. The summed E-state index contributed by atoms with van der Waals surface area (Å²) in [5.41, 5.74) is 1.79. The molecule has 1 aliphatic heterocycles. The molecule has 0 aliphatic carbocycles. The Hall–Kier alpha value is -3.44. The Morgan fingerprint density at radius 3 is 2.78 bits per heavy atom. The zero-order chi connectivity index (χ0) is 26.2. The Kier molecular flexibility index (Phi) is 9.43. The van der Waals surface area contributed by atoms with Gasteiger partial charge in [-0.05, 0) is 30.5 Å². The number of likely N-dealkylation sites (N-methyl/N-ethyl adjacent to an activating group) is 1. The van der Waals surface area contributed by atoms with E-state index in [0.717, 1.165) is 12.0 Å². The highest BCUT2D eigenvalue weighted by Gasteiger charge is 2.34. The third kappa shape index (κ3) is 7.05. The van der Waals surface area contributed by atoms with Crippen LogP contribution in [0.15, 0.2) is 36.8 Å². The van der Waals surface area contributed by atoms with Crippen LogP contribution in [0.1, 0.15) is 55.6 Å². The lowest BCUT2D eigenvalue weighted by Crippen LogP contribution is -2.50. The Morgan fingerprint density at radius 1 is 1.33 bits per heavy atom. The van der Waals surface area contributed by atoms with E-state index in [1.165, 1.54) is 0 Å². The zero-order valence-electron chi connectivity index (χ0n) is 21.8. The topological polar surface area (TPSA) is 95.9 Å². The molecule has 8 heteroatoms. The molecule has 0 fully saturated rings. The molecule has 3 heterocycles. The van der Waals surface area contributed by atoms with Gasteiger partial charge < -0.3 is 19.6 Å². The lowest BCUT2D eigenvalue weighted by atomic mass is 9.99. The third-order valence-electron chi connectivity index (χ3n) is 6.22. The Labute approximate surface area is 213 Å². The lowest BCUT2D eigenvalue weighted by molar-refractivity contribution is -0.130. The molecule has 0 radical (unpaired) electrons. The number of aliphatic hydroxyl groups excluding tert-OH is 1. The van der Waals surface area contributed by atoms with E-state index in [-0.39, 0.29) is 42.7 Å². The van der Waals surface area contributed by atoms with Crippen LogP contribution in [0.5, 0.6) is 5.88 Å². The summed E-state index contributed by atoms with van der Waals surface area (Å²) >= 11 is 0. The van der Waals surface area contributed by atoms with Gasteiger partial charge in [0, 0.05) is 50.1 Å². The molecule has 1 aliphatic rings. The predicted octanol–water partition coefficient (Wildman–Crippen LogP) is 2.80. The summed E-state index contributed by atoms with van der Waals surface area (Å²) in [6.07, 6.45) is 5.55. The van der Waals surface area contributed by atoms with Crippen LogP contribution >= 0.6 is 0 Å². The summed E-state index contributed by atoms with van der Waals surface area (Å²) in [7, 11) is 1.74. The number of carbonyl (C=O) groups excluding carboxylic acids is 2. The van der Waals surface area contributed by atoms with Gasteiger partial charge >= 0.3 is 0 Å². The first-order valence-electron chi connectivity index (χ1n) is 12.4. The fourth-order valence-electron chi connectivity index (χ4n) is 3.93. The second-order valence-electron chi connectivity index (χ2n) is 9.91. The summed E-state index contributed by atoms with van der Waals surface area (Å²) < 4.78 is 6.27. The average Bonchev–Trinajstić information content (AvgIpc) is 2.86. The first-order chi connectivity index (χ1) is 17.2. The van der Waals surface area contributed by atoms with Crippen molar-refractivity contribution in [2.24, 2.45) is 11.8 Å². The molecule has 0 spiro atoms. The maximum absolute atomic E-state index is 13.5. The van der Waals surface area contributed by atoms with E-state index in [9.17, 15) is 14.7 Å². The highest BCUT2D eigenvalue weighted by molar-refractivity contribution is 5.97. The number of aromatic nitrogens is 2. The molecule has 2 aromatic heterocycles. The average molecular weight is 493 g/mol. The van der Waals surface area contributed by atoms with Gasteiger partial charge in [0.1, 0.15) is 11.7 Å². The van der Waals surface area contributed by atoms with Gasteiger partial charge in [0.15, 0.2) is 0 Å². The van der Waals surface area contributed by atoms with Crippen molar-refractivity contribution in [2.75, 3.05) is 26.7 Å². The quantitative estimate of drug-likeness (QED) is 0.597. The van der Waals surface area contributed by atoms with Crippen molar-refractivity contribution in [2.45, 2.75) is 52.7 Å². The van der Waals surface area contributed by atoms with Crippen LogP contribution in [0.2, 0.25) is 0 Å². The van der Waals surface area contributed by atoms with Crippen LogP contribution in [0, 0.1) is 23.7 Å². The summed E-state index contributed by atoms with van der Waals surface area (Å²) in [5.74, 6) is 6.45. The number of fused-ring (bicyclic) bond motifs is 1. The number of hydrogen-bond donors (Lipinski definition) is 1. The van der Waals surface area contributed by atoms with E-state index in [2.05, 4.69) is 35.7 Å². The fourth-order valence-corrected chi connectivity index (χ4v) is 3.93. The summed E-state index contributed by atoms with van der Waals surface area (Å²) in [6.45, 7) is 8.52. The minimum Gasteiger partial charge on any atom is -0.472 e. The molecule has 2 amide bonds. The molecule has 36 heavy (non-hydrogen) atoms. The molecule has 8 nitrogen and oxygen atoms in total. The molecular weight excluding hydrogens is 456 g/mol. The highest BCUT2D eigenvalue weighted by atomic mass is 16.5. The van der Waals surface area contributed by atoms with E-state index in [1.807, 2.05) is 19.9 Å². The van der Waals surface area contributed by atoms with Crippen LogP contribution in [-0.4, -0.2) is 75.6 Å². The Bertz CT molecular complexity index is 1110. The Balaban J connectivity index is 1.87. The lowest BCUT2D eigenvalue weighted by Gasteiger charge is -2.37. The molecular formula is C28H36N4O4. The monoisotopic (exact) mass is 492 g/mol. The van der Waals surface area contributed by atoms with Crippen molar-refractivity contribution >= 4 is 11.8 Å². The van der Waals surface area contributed by atoms with Crippen LogP contribution in [-0.2, 0) is 11.2 Å². The second kappa shape index (κ2) is 12.5. The van der Waals surface area contributed by atoms with Crippen LogP contribution < -0.4 is 4.74 Å².